The quantitative estimate of drug-likeness (QED) is 0.373. The van der Waals surface area contributed by atoms with Crippen LogP contribution in [0.4, 0.5) is 10.3 Å². The van der Waals surface area contributed by atoms with Crippen LogP contribution < -0.4 is 4.90 Å². The molecule has 1 atom stereocenters. The van der Waals surface area contributed by atoms with E-state index in [9.17, 15) is 9.18 Å². The van der Waals surface area contributed by atoms with Crippen molar-refractivity contribution in [2.24, 2.45) is 0 Å². The van der Waals surface area contributed by atoms with Crippen LogP contribution in [-0.2, 0) is 0 Å². The molecular formula is C28H25FN6O. The number of hydrogen-bond acceptors (Lipinski definition) is 5. The maximum atomic E-state index is 14.8. The van der Waals surface area contributed by atoms with Crippen molar-refractivity contribution in [1.29, 1.82) is 0 Å². The number of carbonyl (C=O) groups excluding carboxylic acids is 1. The predicted molar refractivity (Wildman–Crippen MR) is 138 cm³/mol. The van der Waals surface area contributed by atoms with Gasteiger partial charge < -0.3 is 9.80 Å². The molecule has 3 heterocycles. The average molecular weight is 481 g/mol. The Labute approximate surface area is 207 Å². The molecule has 5 aromatic rings. The summed E-state index contributed by atoms with van der Waals surface area (Å²) in [6.45, 7) is 5.73. The minimum Gasteiger partial charge on any atom is -0.338 e. The molecule has 2 aromatic heterocycles. The molecule has 0 radical (unpaired) electrons. The number of hydrogen-bond donors (Lipinski definition) is 0. The van der Waals surface area contributed by atoms with Gasteiger partial charge in [0.25, 0.3) is 5.91 Å². The van der Waals surface area contributed by atoms with Crippen LogP contribution in [0.15, 0.2) is 72.8 Å². The first-order valence-electron chi connectivity index (χ1n) is 12.0. The molecule has 0 bridgehead atoms. The third kappa shape index (κ3) is 3.66. The molecule has 6 rings (SSSR count). The third-order valence-corrected chi connectivity index (χ3v) is 6.78. The fourth-order valence-electron chi connectivity index (χ4n) is 4.98. The van der Waals surface area contributed by atoms with E-state index in [0.717, 1.165) is 16.5 Å². The summed E-state index contributed by atoms with van der Waals surface area (Å²) < 4.78 is 16.6. The number of rotatable bonds is 3. The van der Waals surface area contributed by atoms with Gasteiger partial charge in [0.15, 0.2) is 11.5 Å². The lowest BCUT2D eigenvalue weighted by atomic mass is 10.1. The van der Waals surface area contributed by atoms with Crippen molar-refractivity contribution < 1.29 is 9.18 Å². The van der Waals surface area contributed by atoms with Gasteiger partial charge in [0, 0.05) is 36.6 Å². The van der Waals surface area contributed by atoms with Crippen molar-refractivity contribution in [1.82, 2.24) is 24.5 Å². The highest BCUT2D eigenvalue weighted by Crippen LogP contribution is 2.30. The Hall–Kier alpha value is -4.33. The van der Waals surface area contributed by atoms with Gasteiger partial charge in [0.1, 0.15) is 5.82 Å². The summed E-state index contributed by atoms with van der Waals surface area (Å²) in [6, 6.07) is 21.9. The summed E-state index contributed by atoms with van der Waals surface area (Å²) in [4.78, 5) is 22.3. The second-order valence-electron chi connectivity index (χ2n) is 9.25. The van der Waals surface area contributed by atoms with Crippen LogP contribution in [0.3, 0.4) is 0 Å². The Morgan fingerprint density at radius 1 is 0.972 bits per heavy atom. The van der Waals surface area contributed by atoms with Crippen molar-refractivity contribution in [3.63, 3.8) is 0 Å². The molecule has 0 spiro atoms. The number of aromatic nitrogens is 4. The van der Waals surface area contributed by atoms with E-state index in [0.29, 0.717) is 48.2 Å². The van der Waals surface area contributed by atoms with Crippen molar-refractivity contribution in [3.8, 4) is 11.4 Å². The van der Waals surface area contributed by atoms with E-state index in [2.05, 4.69) is 15.1 Å². The van der Waals surface area contributed by atoms with Crippen LogP contribution in [0.25, 0.3) is 27.9 Å². The zero-order valence-electron chi connectivity index (χ0n) is 20.1. The number of benzene rings is 3. The van der Waals surface area contributed by atoms with E-state index in [1.54, 1.807) is 18.2 Å². The number of halogens is 1. The van der Waals surface area contributed by atoms with Gasteiger partial charge in [-0.05, 0) is 50.2 Å². The van der Waals surface area contributed by atoms with Crippen molar-refractivity contribution >= 4 is 28.4 Å². The first kappa shape index (κ1) is 22.2. The summed E-state index contributed by atoms with van der Waals surface area (Å²) >= 11 is 0. The van der Waals surface area contributed by atoms with Crippen LogP contribution in [0.5, 0.6) is 0 Å². The Kier molecular flexibility index (Phi) is 5.36. The normalized spacial score (nSPS) is 16.1. The number of anilines is 1. The van der Waals surface area contributed by atoms with E-state index in [4.69, 9.17) is 4.98 Å². The fourth-order valence-corrected chi connectivity index (χ4v) is 4.98. The first-order chi connectivity index (χ1) is 17.5. The van der Waals surface area contributed by atoms with Gasteiger partial charge >= 0.3 is 0 Å². The topological polar surface area (TPSA) is 66.6 Å². The number of nitrogens with zero attached hydrogens (tertiary/aromatic N) is 6. The highest BCUT2D eigenvalue weighted by molar-refractivity contribution is 5.95. The SMILES string of the molecule is Cc1cccc(C(=O)N2CCN(c3nc4ccccc4c4nnc(-c5ccccc5F)n34)C[C@@H]2C)c1. The summed E-state index contributed by atoms with van der Waals surface area (Å²) in [7, 11) is 0. The van der Waals surface area contributed by atoms with Crippen molar-refractivity contribution in [2.75, 3.05) is 24.5 Å². The number of para-hydroxylation sites is 1. The maximum absolute atomic E-state index is 14.8. The molecule has 8 heteroatoms. The van der Waals surface area contributed by atoms with E-state index in [-0.39, 0.29) is 17.8 Å². The van der Waals surface area contributed by atoms with Gasteiger partial charge in [-0.3, -0.25) is 4.79 Å². The molecule has 0 saturated carbocycles. The third-order valence-electron chi connectivity index (χ3n) is 6.78. The van der Waals surface area contributed by atoms with Crippen LogP contribution >= 0.6 is 0 Å². The second-order valence-corrected chi connectivity index (χ2v) is 9.25. The average Bonchev–Trinajstić information content (AvgIpc) is 3.33. The number of aryl methyl sites for hydroxylation is 1. The standard InChI is InChI=1S/C28H25FN6O/c1-18-8-7-9-20(16-18)27(36)34-15-14-33(17-19(34)2)28-30-24-13-6-4-11-22(24)26-32-31-25(35(26)28)21-10-3-5-12-23(21)29/h3-13,16,19H,14-15,17H2,1-2H3/t19-/m0/s1. The summed E-state index contributed by atoms with van der Waals surface area (Å²) in [6.07, 6.45) is 0. The lowest BCUT2D eigenvalue weighted by molar-refractivity contribution is 0.0673. The predicted octanol–water partition coefficient (Wildman–Crippen LogP) is 4.74. The second kappa shape index (κ2) is 8.71. The molecule has 1 amide bonds. The van der Waals surface area contributed by atoms with Gasteiger partial charge in [-0.25, -0.2) is 13.8 Å². The minimum atomic E-state index is -0.368. The molecule has 7 nitrogen and oxygen atoms in total. The Bertz CT molecular complexity index is 1610. The Balaban J connectivity index is 1.42. The van der Waals surface area contributed by atoms with Gasteiger partial charge in [-0.1, -0.05) is 42.0 Å². The highest BCUT2D eigenvalue weighted by atomic mass is 19.1. The monoisotopic (exact) mass is 480 g/mol. The van der Waals surface area contributed by atoms with Gasteiger partial charge in [0.05, 0.1) is 11.1 Å². The molecular weight excluding hydrogens is 455 g/mol. The number of fused-ring (bicyclic) bond motifs is 3. The van der Waals surface area contributed by atoms with Crippen molar-refractivity contribution in [3.05, 3.63) is 89.7 Å². The molecule has 1 aliphatic rings. The lowest BCUT2D eigenvalue weighted by Crippen LogP contribution is -2.54. The zero-order valence-corrected chi connectivity index (χ0v) is 20.1. The number of piperazine rings is 1. The number of amides is 1. The molecule has 36 heavy (non-hydrogen) atoms. The van der Waals surface area contributed by atoms with Crippen LogP contribution in [-0.4, -0.2) is 56.1 Å². The molecule has 0 N–H and O–H groups in total. The molecule has 180 valence electrons. The molecule has 3 aromatic carbocycles. The number of carbonyl (C=O) groups is 1. The summed E-state index contributed by atoms with van der Waals surface area (Å²) in [5, 5.41) is 9.67. The van der Waals surface area contributed by atoms with Crippen LogP contribution in [0.2, 0.25) is 0 Å². The molecule has 0 unspecified atom stereocenters. The largest absolute Gasteiger partial charge is 0.338 e. The summed E-state index contributed by atoms with van der Waals surface area (Å²) in [5.41, 5.74) is 3.54. The molecule has 1 saturated heterocycles. The first-order valence-corrected chi connectivity index (χ1v) is 12.0. The van der Waals surface area contributed by atoms with Gasteiger partial charge in [0.2, 0.25) is 5.95 Å². The van der Waals surface area contributed by atoms with Crippen LogP contribution in [0.1, 0.15) is 22.8 Å². The van der Waals surface area contributed by atoms with E-state index in [1.807, 2.05) is 71.7 Å². The molecule has 1 fully saturated rings. The smallest absolute Gasteiger partial charge is 0.254 e. The Morgan fingerprint density at radius 3 is 2.58 bits per heavy atom. The van der Waals surface area contributed by atoms with E-state index in [1.165, 1.54) is 6.07 Å². The van der Waals surface area contributed by atoms with Crippen molar-refractivity contribution in [2.45, 2.75) is 19.9 Å². The van der Waals surface area contributed by atoms with E-state index < -0.39 is 0 Å². The van der Waals surface area contributed by atoms with Crippen LogP contribution in [0, 0.1) is 12.7 Å². The molecule has 0 aliphatic carbocycles. The Morgan fingerprint density at radius 2 is 1.78 bits per heavy atom. The van der Waals surface area contributed by atoms with E-state index >= 15 is 0 Å². The zero-order chi connectivity index (χ0) is 24.8. The molecule has 1 aliphatic heterocycles. The minimum absolute atomic E-state index is 0.0267. The van der Waals surface area contributed by atoms with Gasteiger partial charge in [-0.2, -0.15) is 0 Å². The fraction of sp³-hybridized carbons (Fsp3) is 0.214. The highest BCUT2D eigenvalue weighted by Gasteiger charge is 2.31. The van der Waals surface area contributed by atoms with Gasteiger partial charge in [-0.15, -0.1) is 10.2 Å². The maximum Gasteiger partial charge on any atom is 0.254 e. The lowest BCUT2D eigenvalue weighted by Gasteiger charge is -2.40. The summed E-state index contributed by atoms with van der Waals surface area (Å²) in [5.74, 6) is 0.704.